The van der Waals surface area contributed by atoms with Crippen LogP contribution in [0.2, 0.25) is 5.02 Å². The Hall–Kier alpha value is -1.10. The van der Waals surface area contributed by atoms with Gasteiger partial charge in [0.1, 0.15) is 0 Å². The van der Waals surface area contributed by atoms with Crippen molar-refractivity contribution < 1.29 is 9.53 Å². The molecule has 1 amide bonds. The standard InChI is InChI=1S/C16H23ClN2O2/c1-21-12-16(6-8-18-9-7-16)11-19-15(20)10-13-2-4-14(17)5-3-13/h2-5,18H,6-12H2,1H3,(H,19,20). The van der Waals surface area contributed by atoms with E-state index in [1.165, 1.54) is 0 Å². The molecule has 0 bridgehead atoms. The number of carbonyl (C=O) groups is 1. The van der Waals surface area contributed by atoms with Gasteiger partial charge in [-0.05, 0) is 43.6 Å². The minimum Gasteiger partial charge on any atom is -0.384 e. The molecule has 5 heteroatoms. The van der Waals surface area contributed by atoms with E-state index in [0.717, 1.165) is 31.5 Å². The van der Waals surface area contributed by atoms with Crippen LogP contribution in [0.25, 0.3) is 0 Å². The van der Waals surface area contributed by atoms with Crippen LogP contribution in [-0.2, 0) is 16.0 Å². The van der Waals surface area contributed by atoms with E-state index >= 15 is 0 Å². The summed E-state index contributed by atoms with van der Waals surface area (Å²) in [7, 11) is 1.72. The summed E-state index contributed by atoms with van der Waals surface area (Å²) in [6.45, 7) is 3.33. The third-order valence-electron chi connectivity index (χ3n) is 4.05. The van der Waals surface area contributed by atoms with Crippen LogP contribution in [0.1, 0.15) is 18.4 Å². The molecule has 1 aromatic rings. The van der Waals surface area contributed by atoms with Gasteiger partial charge in [0.2, 0.25) is 5.91 Å². The van der Waals surface area contributed by atoms with Gasteiger partial charge in [0.15, 0.2) is 0 Å². The predicted octanol–water partition coefficient (Wildman–Crippen LogP) is 2.01. The van der Waals surface area contributed by atoms with Gasteiger partial charge in [-0.3, -0.25) is 4.79 Å². The van der Waals surface area contributed by atoms with Crippen LogP contribution in [0.5, 0.6) is 0 Å². The molecule has 2 rings (SSSR count). The van der Waals surface area contributed by atoms with E-state index in [1.807, 2.05) is 24.3 Å². The maximum Gasteiger partial charge on any atom is 0.224 e. The highest BCUT2D eigenvalue weighted by Crippen LogP contribution is 2.28. The Kier molecular flexibility index (Phi) is 6.03. The maximum absolute atomic E-state index is 12.1. The molecule has 0 saturated carbocycles. The molecule has 0 radical (unpaired) electrons. The first-order valence-electron chi connectivity index (χ1n) is 7.34. The average Bonchev–Trinajstić information content (AvgIpc) is 2.49. The zero-order valence-electron chi connectivity index (χ0n) is 12.5. The van der Waals surface area contributed by atoms with Crippen LogP contribution in [0.4, 0.5) is 0 Å². The minimum absolute atomic E-state index is 0.0475. The molecule has 21 heavy (non-hydrogen) atoms. The lowest BCUT2D eigenvalue weighted by molar-refractivity contribution is -0.121. The van der Waals surface area contributed by atoms with Crippen molar-refractivity contribution in [1.29, 1.82) is 0 Å². The van der Waals surface area contributed by atoms with Crippen molar-refractivity contribution in [2.45, 2.75) is 19.3 Å². The SMILES string of the molecule is COCC1(CNC(=O)Cc2ccc(Cl)cc2)CCNCC1. The number of nitrogens with one attached hydrogen (secondary N) is 2. The molecule has 1 aromatic carbocycles. The summed E-state index contributed by atoms with van der Waals surface area (Å²) >= 11 is 5.84. The number of piperidine rings is 1. The number of halogens is 1. The van der Waals surface area contributed by atoms with Gasteiger partial charge in [-0.2, -0.15) is 0 Å². The summed E-state index contributed by atoms with van der Waals surface area (Å²) < 4.78 is 5.35. The van der Waals surface area contributed by atoms with Crippen LogP contribution in [0, 0.1) is 5.41 Å². The number of rotatable bonds is 6. The van der Waals surface area contributed by atoms with Gasteiger partial charge in [-0.15, -0.1) is 0 Å². The van der Waals surface area contributed by atoms with Crippen molar-refractivity contribution in [3.05, 3.63) is 34.9 Å². The molecule has 0 aromatic heterocycles. The molecule has 1 fully saturated rings. The Labute approximate surface area is 131 Å². The monoisotopic (exact) mass is 310 g/mol. The fourth-order valence-electron chi connectivity index (χ4n) is 2.77. The highest BCUT2D eigenvalue weighted by molar-refractivity contribution is 6.30. The smallest absolute Gasteiger partial charge is 0.224 e. The number of hydrogen-bond donors (Lipinski definition) is 2. The molecule has 116 valence electrons. The topological polar surface area (TPSA) is 50.4 Å². The van der Waals surface area contributed by atoms with Gasteiger partial charge in [0, 0.05) is 24.1 Å². The predicted molar refractivity (Wildman–Crippen MR) is 84.6 cm³/mol. The third kappa shape index (κ3) is 4.99. The van der Waals surface area contributed by atoms with E-state index in [0.29, 0.717) is 24.6 Å². The molecule has 0 atom stereocenters. The second-order valence-corrected chi connectivity index (χ2v) is 6.20. The van der Waals surface area contributed by atoms with Gasteiger partial charge < -0.3 is 15.4 Å². The summed E-state index contributed by atoms with van der Waals surface area (Å²) in [6.07, 6.45) is 2.45. The molecule has 1 aliphatic heterocycles. The number of methoxy groups -OCH3 is 1. The molecule has 1 aliphatic rings. The highest BCUT2D eigenvalue weighted by atomic mass is 35.5. The third-order valence-corrected chi connectivity index (χ3v) is 4.31. The maximum atomic E-state index is 12.1. The van der Waals surface area contributed by atoms with E-state index in [4.69, 9.17) is 16.3 Å². The molecular weight excluding hydrogens is 288 g/mol. The van der Waals surface area contributed by atoms with Gasteiger partial charge >= 0.3 is 0 Å². The van der Waals surface area contributed by atoms with Crippen molar-refractivity contribution in [3.63, 3.8) is 0 Å². The second-order valence-electron chi connectivity index (χ2n) is 5.76. The number of ether oxygens (including phenoxy) is 1. The quantitative estimate of drug-likeness (QED) is 0.845. The van der Waals surface area contributed by atoms with Crippen LogP contribution in [0.3, 0.4) is 0 Å². The molecule has 1 heterocycles. The normalized spacial score (nSPS) is 17.4. The number of carbonyl (C=O) groups excluding carboxylic acids is 1. The van der Waals surface area contributed by atoms with Crippen LogP contribution < -0.4 is 10.6 Å². The second kappa shape index (κ2) is 7.78. The summed E-state index contributed by atoms with van der Waals surface area (Å²) in [6, 6.07) is 7.39. The zero-order valence-corrected chi connectivity index (χ0v) is 13.2. The number of hydrogen-bond acceptors (Lipinski definition) is 3. The van der Waals surface area contributed by atoms with Crippen molar-refractivity contribution in [1.82, 2.24) is 10.6 Å². The Morgan fingerprint density at radius 3 is 2.62 bits per heavy atom. The molecule has 0 unspecified atom stereocenters. The Bertz CT molecular complexity index is 450. The average molecular weight is 311 g/mol. The summed E-state index contributed by atoms with van der Waals surface area (Å²) in [5.41, 5.74) is 1.04. The lowest BCUT2D eigenvalue weighted by Gasteiger charge is -2.37. The highest BCUT2D eigenvalue weighted by Gasteiger charge is 2.32. The van der Waals surface area contributed by atoms with E-state index in [2.05, 4.69) is 10.6 Å². The van der Waals surface area contributed by atoms with Gasteiger partial charge in [0.25, 0.3) is 0 Å². The van der Waals surface area contributed by atoms with Gasteiger partial charge in [-0.1, -0.05) is 23.7 Å². The number of benzene rings is 1. The van der Waals surface area contributed by atoms with Crippen molar-refractivity contribution in [2.24, 2.45) is 5.41 Å². The first kappa shape index (κ1) is 16.3. The fourth-order valence-corrected chi connectivity index (χ4v) is 2.90. The lowest BCUT2D eigenvalue weighted by atomic mass is 9.79. The van der Waals surface area contributed by atoms with E-state index < -0.39 is 0 Å². The largest absolute Gasteiger partial charge is 0.384 e. The van der Waals surface area contributed by atoms with E-state index in [9.17, 15) is 4.79 Å². The minimum atomic E-state index is 0.0475. The summed E-state index contributed by atoms with van der Waals surface area (Å²) in [5.74, 6) is 0.0475. The number of amides is 1. The van der Waals surface area contributed by atoms with Gasteiger partial charge in [0.05, 0.1) is 13.0 Å². The van der Waals surface area contributed by atoms with Crippen molar-refractivity contribution in [2.75, 3.05) is 33.4 Å². The van der Waals surface area contributed by atoms with E-state index in [1.54, 1.807) is 7.11 Å². The summed E-state index contributed by atoms with van der Waals surface area (Å²) in [4.78, 5) is 12.1. The van der Waals surface area contributed by atoms with E-state index in [-0.39, 0.29) is 11.3 Å². The van der Waals surface area contributed by atoms with Crippen LogP contribution in [0.15, 0.2) is 24.3 Å². The lowest BCUT2D eigenvalue weighted by Crippen LogP contribution is -2.47. The Balaban J connectivity index is 1.85. The first-order valence-corrected chi connectivity index (χ1v) is 7.72. The molecule has 0 aliphatic carbocycles. The van der Waals surface area contributed by atoms with Crippen LogP contribution in [-0.4, -0.2) is 39.3 Å². The van der Waals surface area contributed by atoms with Crippen molar-refractivity contribution >= 4 is 17.5 Å². The zero-order chi connectivity index (χ0) is 15.1. The Morgan fingerprint density at radius 2 is 2.00 bits per heavy atom. The molecule has 1 saturated heterocycles. The Morgan fingerprint density at radius 1 is 1.33 bits per heavy atom. The van der Waals surface area contributed by atoms with Gasteiger partial charge in [-0.25, -0.2) is 0 Å². The first-order chi connectivity index (χ1) is 10.1. The molecular formula is C16H23ClN2O2. The fraction of sp³-hybridized carbons (Fsp3) is 0.562. The molecule has 4 nitrogen and oxygen atoms in total. The summed E-state index contributed by atoms with van der Waals surface area (Å²) in [5, 5.41) is 7.10. The molecule has 2 N–H and O–H groups in total. The van der Waals surface area contributed by atoms with Crippen LogP contribution >= 0.6 is 11.6 Å². The van der Waals surface area contributed by atoms with Crippen molar-refractivity contribution in [3.8, 4) is 0 Å². The molecule has 0 spiro atoms.